The molecule has 1 N–H and O–H groups in total. The average molecular weight is 294 g/mol. The lowest BCUT2D eigenvalue weighted by atomic mass is 10.3. The summed E-state index contributed by atoms with van der Waals surface area (Å²) in [6.07, 6.45) is 2.69. The van der Waals surface area contributed by atoms with Crippen molar-refractivity contribution < 1.29 is 14.6 Å². The van der Waals surface area contributed by atoms with Gasteiger partial charge in [0.2, 0.25) is 0 Å². The van der Waals surface area contributed by atoms with Crippen LogP contribution in [-0.2, 0) is 11.5 Å². The molecule has 0 atom stereocenters. The van der Waals surface area contributed by atoms with Gasteiger partial charge in [-0.3, -0.25) is 0 Å². The van der Waals surface area contributed by atoms with E-state index < -0.39 is 14.0 Å². The van der Waals surface area contributed by atoms with Gasteiger partial charge in [0.15, 0.2) is 11.3 Å². The maximum Gasteiger partial charge on any atom is 0.355 e. The van der Waals surface area contributed by atoms with Crippen molar-refractivity contribution in [3.05, 3.63) is 18.2 Å². The standard InChI is InChI=1S/C12H18N4O3Si/c1-20(2,3)5-4-19-8-16-11-9(6-15-16)10(12(17)18)13-7-14-11/h6-7H,4-5,8H2,1-3H3,(H,17,18). The lowest BCUT2D eigenvalue weighted by Gasteiger charge is -2.15. The van der Waals surface area contributed by atoms with Gasteiger partial charge in [-0.2, -0.15) is 5.10 Å². The molecule has 0 aliphatic heterocycles. The Labute approximate surface area is 117 Å². The summed E-state index contributed by atoms with van der Waals surface area (Å²) in [6, 6.07) is 1.07. The largest absolute Gasteiger partial charge is 0.476 e. The van der Waals surface area contributed by atoms with Crippen molar-refractivity contribution in [1.29, 1.82) is 0 Å². The molecule has 8 heteroatoms. The second kappa shape index (κ2) is 5.67. The Bertz CT molecular complexity index is 621. The number of rotatable bonds is 6. The number of carboxylic acids is 1. The van der Waals surface area contributed by atoms with Gasteiger partial charge in [0.25, 0.3) is 0 Å². The third-order valence-corrected chi connectivity index (χ3v) is 4.55. The van der Waals surface area contributed by atoms with Gasteiger partial charge in [-0.15, -0.1) is 0 Å². The molecular formula is C12H18N4O3Si. The summed E-state index contributed by atoms with van der Waals surface area (Å²) < 4.78 is 7.14. The number of hydrogen-bond donors (Lipinski definition) is 1. The second-order valence-electron chi connectivity index (χ2n) is 5.76. The third kappa shape index (κ3) is 3.39. The van der Waals surface area contributed by atoms with Crippen molar-refractivity contribution in [2.75, 3.05) is 6.61 Å². The Morgan fingerprint density at radius 2 is 2.15 bits per heavy atom. The number of aromatic nitrogens is 4. The number of ether oxygens (including phenoxy) is 1. The van der Waals surface area contributed by atoms with Crippen molar-refractivity contribution in [2.45, 2.75) is 32.4 Å². The zero-order valence-corrected chi connectivity index (χ0v) is 12.8. The predicted octanol–water partition coefficient (Wildman–Crippen LogP) is 1.84. The van der Waals surface area contributed by atoms with E-state index in [1.54, 1.807) is 4.68 Å². The molecule has 0 unspecified atom stereocenters. The topological polar surface area (TPSA) is 90.1 Å². The molecule has 0 spiro atoms. The summed E-state index contributed by atoms with van der Waals surface area (Å²) in [6.45, 7) is 7.79. The minimum absolute atomic E-state index is 0.0386. The Morgan fingerprint density at radius 3 is 2.80 bits per heavy atom. The summed E-state index contributed by atoms with van der Waals surface area (Å²) >= 11 is 0. The van der Waals surface area contributed by atoms with E-state index in [1.165, 1.54) is 12.5 Å². The Morgan fingerprint density at radius 1 is 1.40 bits per heavy atom. The average Bonchev–Trinajstić information content (AvgIpc) is 2.76. The number of hydrogen-bond acceptors (Lipinski definition) is 5. The summed E-state index contributed by atoms with van der Waals surface area (Å²) in [7, 11) is -1.11. The van der Waals surface area contributed by atoms with Crippen molar-refractivity contribution in [1.82, 2.24) is 19.7 Å². The van der Waals surface area contributed by atoms with Crippen LogP contribution in [0.4, 0.5) is 0 Å². The number of carbonyl (C=O) groups is 1. The van der Waals surface area contributed by atoms with Crippen molar-refractivity contribution >= 4 is 25.1 Å². The van der Waals surface area contributed by atoms with E-state index in [1.807, 2.05) is 0 Å². The van der Waals surface area contributed by atoms with E-state index >= 15 is 0 Å². The molecule has 0 saturated heterocycles. The van der Waals surface area contributed by atoms with Crippen LogP contribution in [0.1, 0.15) is 10.5 Å². The quantitative estimate of drug-likeness (QED) is 0.646. The highest BCUT2D eigenvalue weighted by molar-refractivity contribution is 6.76. The zero-order valence-electron chi connectivity index (χ0n) is 11.8. The van der Waals surface area contributed by atoms with Crippen LogP contribution in [0.5, 0.6) is 0 Å². The Hall–Kier alpha value is -1.80. The first kappa shape index (κ1) is 14.6. The molecule has 108 valence electrons. The molecule has 7 nitrogen and oxygen atoms in total. The van der Waals surface area contributed by atoms with E-state index in [-0.39, 0.29) is 12.4 Å². The Kier molecular flexibility index (Phi) is 4.14. The number of nitrogens with zero attached hydrogens (tertiary/aromatic N) is 4. The molecule has 0 radical (unpaired) electrons. The fourth-order valence-corrected chi connectivity index (χ4v) is 2.44. The van der Waals surface area contributed by atoms with E-state index in [9.17, 15) is 4.79 Å². The van der Waals surface area contributed by atoms with Gasteiger partial charge >= 0.3 is 5.97 Å². The molecule has 0 fully saturated rings. The van der Waals surface area contributed by atoms with E-state index in [0.717, 1.165) is 6.04 Å². The molecule has 20 heavy (non-hydrogen) atoms. The summed E-state index contributed by atoms with van der Waals surface area (Å²) in [5.41, 5.74) is 0.439. The maximum atomic E-state index is 11.0. The first-order valence-corrected chi connectivity index (χ1v) is 10.1. The van der Waals surface area contributed by atoms with Crippen LogP contribution in [0.3, 0.4) is 0 Å². The molecule has 0 amide bonds. The van der Waals surface area contributed by atoms with Gasteiger partial charge in [-0.25, -0.2) is 19.4 Å². The minimum atomic E-state index is -1.11. The van der Waals surface area contributed by atoms with Gasteiger partial charge in [0.05, 0.1) is 11.6 Å². The molecule has 2 heterocycles. The molecule has 0 bridgehead atoms. The predicted molar refractivity (Wildman–Crippen MR) is 76.4 cm³/mol. The first-order chi connectivity index (χ1) is 9.38. The first-order valence-electron chi connectivity index (χ1n) is 6.36. The maximum absolute atomic E-state index is 11.0. The van der Waals surface area contributed by atoms with Gasteiger partial charge in [-0.05, 0) is 6.04 Å². The number of carboxylic acid groups (broad SMARTS) is 1. The van der Waals surface area contributed by atoms with Crippen LogP contribution >= 0.6 is 0 Å². The third-order valence-electron chi connectivity index (χ3n) is 2.85. The van der Waals surface area contributed by atoms with Crippen molar-refractivity contribution in [3.63, 3.8) is 0 Å². The lowest BCUT2D eigenvalue weighted by molar-refractivity contribution is 0.0692. The minimum Gasteiger partial charge on any atom is -0.476 e. The molecule has 0 aromatic carbocycles. The summed E-state index contributed by atoms with van der Waals surface area (Å²) in [5.74, 6) is -1.09. The molecular weight excluding hydrogens is 276 g/mol. The van der Waals surface area contributed by atoms with Crippen LogP contribution < -0.4 is 0 Å². The van der Waals surface area contributed by atoms with Gasteiger partial charge in [-0.1, -0.05) is 19.6 Å². The monoisotopic (exact) mass is 294 g/mol. The molecule has 0 aliphatic rings. The molecule has 2 aromatic rings. The van der Waals surface area contributed by atoms with Gasteiger partial charge in [0, 0.05) is 14.7 Å². The molecule has 0 saturated carbocycles. The van der Waals surface area contributed by atoms with Gasteiger partial charge in [0.1, 0.15) is 13.1 Å². The number of aromatic carboxylic acids is 1. The summed E-state index contributed by atoms with van der Waals surface area (Å²) in [4.78, 5) is 18.9. The van der Waals surface area contributed by atoms with Crippen molar-refractivity contribution in [2.24, 2.45) is 0 Å². The normalized spacial score (nSPS) is 11.9. The van der Waals surface area contributed by atoms with Crippen LogP contribution in [0, 0.1) is 0 Å². The molecule has 0 aliphatic carbocycles. The van der Waals surface area contributed by atoms with E-state index in [4.69, 9.17) is 9.84 Å². The van der Waals surface area contributed by atoms with Crippen molar-refractivity contribution in [3.8, 4) is 0 Å². The highest BCUT2D eigenvalue weighted by Crippen LogP contribution is 2.14. The van der Waals surface area contributed by atoms with Gasteiger partial charge < -0.3 is 9.84 Å². The SMILES string of the molecule is C[Si](C)(C)CCOCn1ncc2c(C(=O)O)ncnc21. The summed E-state index contributed by atoms with van der Waals surface area (Å²) in [5, 5.41) is 13.6. The zero-order chi connectivity index (χ0) is 14.8. The van der Waals surface area contributed by atoms with Crippen LogP contribution in [0.2, 0.25) is 25.7 Å². The smallest absolute Gasteiger partial charge is 0.355 e. The van der Waals surface area contributed by atoms with E-state index in [0.29, 0.717) is 17.6 Å². The van der Waals surface area contributed by atoms with E-state index in [2.05, 4.69) is 34.7 Å². The highest BCUT2D eigenvalue weighted by Gasteiger charge is 2.15. The fourth-order valence-electron chi connectivity index (χ4n) is 1.69. The Balaban J connectivity index is 2.08. The van der Waals surface area contributed by atoms with Crippen LogP contribution in [-0.4, -0.2) is 45.5 Å². The van der Waals surface area contributed by atoms with Crippen LogP contribution in [0.25, 0.3) is 11.0 Å². The number of fused-ring (bicyclic) bond motifs is 1. The second-order valence-corrected chi connectivity index (χ2v) is 11.4. The molecule has 2 rings (SSSR count). The fraction of sp³-hybridized carbons (Fsp3) is 0.500. The van der Waals surface area contributed by atoms with Crippen LogP contribution in [0.15, 0.2) is 12.5 Å². The highest BCUT2D eigenvalue weighted by atomic mass is 28.3. The molecule has 2 aromatic heterocycles. The lowest BCUT2D eigenvalue weighted by Crippen LogP contribution is -2.22.